The van der Waals surface area contributed by atoms with Crippen molar-refractivity contribution in [3.63, 3.8) is 0 Å². The number of carbonyl (C=O) groups is 1. The Morgan fingerprint density at radius 1 is 1.11 bits per heavy atom. The molecule has 0 fully saturated rings. The number of fused-ring (bicyclic) bond motifs is 1. The summed E-state index contributed by atoms with van der Waals surface area (Å²) in [7, 11) is 1.59. The van der Waals surface area contributed by atoms with Crippen LogP contribution in [-0.2, 0) is 0 Å². The lowest BCUT2D eigenvalue weighted by Crippen LogP contribution is -2.36. The van der Waals surface area contributed by atoms with Gasteiger partial charge in [0.05, 0.1) is 18.2 Å². The van der Waals surface area contributed by atoms with Crippen LogP contribution in [0.5, 0.6) is 11.5 Å². The van der Waals surface area contributed by atoms with E-state index in [-0.39, 0.29) is 5.91 Å². The van der Waals surface area contributed by atoms with Crippen molar-refractivity contribution in [1.82, 2.24) is 5.32 Å². The second kappa shape index (κ2) is 4.65. The van der Waals surface area contributed by atoms with Gasteiger partial charge in [0.15, 0.2) is 0 Å². The van der Waals surface area contributed by atoms with Crippen molar-refractivity contribution in [2.24, 2.45) is 0 Å². The van der Waals surface area contributed by atoms with Gasteiger partial charge in [-0.1, -0.05) is 24.3 Å². The fourth-order valence-electron chi connectivity index (χ4n) is 2.13. The summed E-state index contributed by atoms with van der Waals surface area (Å²) in [6, 6.07) is 14.7. The van der Waals surface area contributed by atoms with E-state index in [1.807, 2.05) is 36.4 Å². The molecule has 1 N–H and O–H groups in total. The van der Waals surface area contributed by atoms with Crippen LogP contribution in [0.3, 0.4) is 0 Å². The Bertz CT molecular complexity index is 624. The second-order valence-electron chi connectivity index (χ2n) is 4.21. The van der Waals surface area contributed by atoms with Crippen LogP contribution < -0.4 is 14.8 Å². The minimum absolute atomic E-state index is 0.141. The van der Waals surface area contributed by atoms with Gasteiger partial charge in [-0.05, 0) is 24.3 Å². The van der Waals surface area contributed by atoms with Crippen molar-refractivity contribution in [2.75, 3.05) is 7.11 Å². The van der Waals surface area contributed by atoms with E-state index >= 15 is 0 Å². The van der Waals surface area contributed by atoms with E-state index in [1.54, 1.807) is 19.2 Å². The van der Waals surface area contributed by atoms with Crippen LogP contribution in [0.25, 0.3) is 0 Å². The van der Waals surface area contributed by atoms with E-state index in [2.05, 4.69) is 5.32 Å². The van der Waals surface area contributed by atoms with Crippen molar-refractivity contribution in [2.45, 2.75) is 6.23 Å². The maximum absolute atomic E-state index is 12.0. The van der Waals surface area contributed by atoms with Gasteiger partial charge in [0.2, 0.25) is 6.23 Å². The van der Waals surface area contributed by atoms with Gasteiger partial charge in [-0.3, -0.25) is 4.79 Å². The van der Waals surface area contributed by atoms with E-state index in [0.29, 0.717) is 17.1 Å². The highest BCUT2D eigenvalue weighted by atomic mass is 16.5. The molecule has 0 bridgehead atoms. The van der Waals surface area contributed by atoms with Crippen molar-refractivity contribution in [1.29, 1.82) is 0 Å². The Morgan fingerprint density at radius 2 is 1.84 bits per heavy atom. The third kappa shape index (κ3) is 2.01. The van der Waals surface area contributed by atoms with Gasteiger partial charge in [-0.15, -0.1) is 0 Å². The van der Waals surface area contributed by atoms with E-state index in [9.17, 15) is 4.79 Å². The summed E-state index contributed by atoms with van der Waals surface area (Å²) in [5.74, 6) is 1.13. The highest BCUT2D eigenvalue weighted by molar-refractivity contribution is 5.98. The largest absolute Gasteiger partial charge is 0.496 e. The molecule has 4 heteroatoms. The highest BCUT2D eigenvalue weighted by Gasteiger charge is 2.27. The van der Waals surface area contributed by atoms with Gasteiger partial charge in [0, 0.05) is 0 Å². The number of ether oxygens (including phenoxy) is 2. The zero-order chi connectivity index (χ0) is 13.2. The minimum Gasteiger partial charge on any atom is -0.496 e. The molecule has 0 radical (unpaired) electrons. The van der Waals surface area contributed by atoms with Gasteiger partial charge in [-0.25, -0.2) is 0 Å². The summed E-state index contributed by atoms with van der Waals surface area (Å²) >= 11 is 0. The summed E-state index contributed by atoms with van der Waals surface area (Å²) in [4.78, 5) is 12.0. The summed E-state index contributed by atoms with van der Waals surface area (Å²) in [6.07, 6.45) is -0.529. The van der Waals surface area contributed by atoms with Crippen LogP contribution in [0.4, 0.5) is 0 Å². The topological polar surface area (TPSA) is 47.6 Å². The Hall–Kier alpha value is -2.49. The standard InChI is InChI=1S/C15H13NO3/c1-18-12-8-4-3-7-11(12)15-16-14(17)10-6-2-5-9-13(10)19-15/h2-9,15H,1H3,(H,16,17)/t15-/m0/s1. The molecule has 0 unspecified atom stereocenters. The Labute approximate surface area is 111 Å². The molecular weight excluding hydrogens is 242 g/mol. The molecule has 19 heavy (non-hydrogen) atoms. The molecule has 1 aliphatic rings. The molecule has 0 saturated heterocycles. The summed E-state index contributed by atoms with van der Waals surface area (Å²) in [6.45, 7) is 0. The quantitative estimate of drug-likeness (QED) is 0.897. The zero-order valence-corrected chi connectivity index (χ0v) is 10.4. The maximum Gasteiger partial charge on any atom is 0.258 e. The number of hydrogen-bond donors (Lipinski definition) is 1. The first-order valence-electron chi connectivity index (χ1n) is 5.99. The molecular formula is C15H13NO3. The van der Waals surface area contributed by atoms with Crippen LogP contribution >= 0.6 is 0 Å². The summed E-state index contributed by atoms with van der Waals surface area (Å²) < 4.78 is 11.1. The first-order chi connectivity index (χ1) is 9.29. The fraction of sp³-hybridized carbons (Fsp3) is 0.133. The highest BCUT2D eigenvalue weighted by Crippen LogP contribution is 2.32. The Balaban J connectivity index is 1.99. The van der Waals surface area contributed by atoms with Crippen LogP contribution in [-0.4, -0.2) is 13.0 Å². The van der Waals surface area contributed by atoms with E-state index in [0.717, 1.165) is 5.56 Å². The lowest BCUT2D eigenvalue weighted by Gasteiger charge is -2.27. The number of rotatable bonds is 2. The average Bonchev–Trinajstić information content (AvgIpc) is 2.47. The van der Waals surface area contributed by atoms with Gasteiger partial charge in [-0.2, -0.15) is 0 Å². The number of benzene rings is 2. The SMILES string of the molecule is COc1ccccc1[C@H]1NC(=O)c2ccccc2O1. The van der Waals surface area contributed by atoms with E-state index in [4.69, 9.17) is 9.47 Å². The molecule has 0 aromatic heterocycles. The molecule has 1 heterocycles. The van der Waals surface area contributed by atoms with Crippen molar-refractivity contribution in [3.05, 3.63) is 59.7 Å². The molecule has 0 aliphatic carbocycles. The molecule has 3 rings (SSSR count). The first-order valence-corrected chi connectivity index (χ1v) is 5.99. The predicted octanol–water partition coefficient (Wildman–Crippen LogP) is 2.52. The molecule has 1 aliphatic heterocycles. The number of para-hydroxylation sites is 2. The van der Waals surface area contributed by atoms with Crippen LogP contribution in [0.15, 0.2) is 48.5 Å². The zero-order valence-electron chi connectivity index (χ0n) is 10.4. The van der Waals surface area contributed by atoms with E-state index < -0.39 is 6.23 Å². The smallest absolute Gasteiger partial charge is 0.258 e. The number of amides is 1. The number of methoxy groups -OCH3 is 1. The number of carbonyl (C=O) groups excluding carboxylic acids is 1. The van der Waals surface area contributed by atoms with Gasteiger partial charge >= 0.3 is 0 Å². The monoisotopic (exact) mass is 255 g/mol. The van der Waals surface area contributed by atoms with Crippen molar-refractivity contribution in [3.8, 4) is 11.5 Å². The molecule has 2 aromatic carbocycles. The normalized spacial score (nSPS) is 17.1. The summed E-state index contributed by atoms with van der Waals surface area (Å²) in [5.41, 5.74) is 1.35. The molecule has 0 spiro atoms. The van der Waals surface area contributed by atoms with Crippen molar-refractivity contribution < 1.29 is 14.3 Å². The number of hydrogen-bond acceptors (Lipinski definition) is 3. The predicted molar refractivity (Wildman–Crippen MR) is 70.3 cm³/mol. The van der Waals surface area contributed by atoms with Gasteiger partial charge < -0.3 is 14.8 Å². The maximum atomic E-state index is 12.0. The lowest BCUT2D eigenvalue weighted by molar-refractivity contribution is 0.0751. The molecule has 1 amide bonds. The molecule has 2 aromatic rings. The third-order valence-corrected chi connectivity index (χ3v) is 3.06. The molecule has 96 valence electrons. The second-order valence-corrected chi connectivity index (χ2v) is 4.21. The van der Waals surface area contributed by atoms with E-state index in [1.165, 1.54) is 0 Å². The van der Waals surface area contributed by atoms with Gasteiger partial charge in [0.1, 0.15) is 11.5 Å². The molecule has 4 nitrogen and oxygen atoms in total. The first kappa shape index (κ1) is 11.6. The van der Waals surface area contributed by atoms with Gasteiger partial charge in [0.25, 0.3) is 5.91 Å². The van der Waals surface area contributed by atoms with Crippen molar-refractivity contribution >= 4 is 5.91 Å². The lowest BCUT2D eigenvalue weighted by atomic mass is 10.1. The Morgan fingerprint density at radius 3 is 2.68 bits per heavy atom. The van der Waals surface area contributed by atoms with Crippen LogP contribution in [0.2, 0.25) is 0 Å². The number of nitrogens with one attached hydrogen (secondary N) is 1. The van der Waals surface area contributed by atoms with Crippen LogP contribution in [0, 0.1) is 0 Å². The Kier molecular flexibility index (Phi) is 2.83. The molecule has 1 atom stereocenters. The fourth-order valence-corrected chi connectivity index (χ4v) is 2.13. The summed E-state index contributed by atoms with van der Waals surface area (Å²) in [5, 5.41) is 2.82. The molecule has 0 saturated carbocycles. The average molecular weight is 255 g/mol. The third-order valence-electron chi connectivity index (χ3n) is 3.06. The van der Waals surface area contributed by atoms with Crippen LogP contribution in [0.1, 0.15) is 22.1 Å². The minimum atomic E-state index is -0.529.